The molecule has 0 unspecified atom stereocenters. The highest BCUT2D eigenvalue weighted by molar-refractivity contribution is 7.64. The number of unbranched alkanes of at least 4 members (excludes halogenated alkanes) is 10. The molecule has 0 aliphatic carbocycles. The number of rotatable bonds is 14. The molecule has 1 aromatic carbocycles. The van der Waals surface area contributed by atoms with Crippen molar-refractivity contribution in [1.82, 2.24) is 0 Å². The Balaban J connectivity index is 1.80. The molecule has 0 fully saturated rings. The molecule has 136 valence electrons. The third kappa shape index (κ3) is 14.4. The van der Waals surface area contributed by atoms with Crippen LogP contribution in [0.5, 0.6) is 0 Å². The second kappa shape index (κ2) is 14.2. The van der Waals surface area contributed by atoms with Gasteiger partial charge in [-0.25, -0.2) is 0 Å². The van der Waals surface area contributed by atoms with Crippen LogP contribution in [0.15, 0.2) is 36.4 Å². The summed E-state index contributed by atoms with van der Waals surface area (Å²) in [7, 11) is 0. The van der Waals surface area contributed by atoms with Gasteiger partial charge in [0.1, 0.15) is 0 Å². The number of benzene rings is 1. The molecule has 0 saturated carbocycles. The van der Waals surface area contributed by atoms with Crippen molar-refractivity contribution in [1.29, 1.82) is 0 Å². The van der Waals surface area contributed by atoms with Gasteiger partial charge in [0.15, 0.2) is 0 Å². The zero-order chi connectivity index (χ0) is 17.5. The zero-order valence-electron chi connectivity index (χ0n) is 14.7. The standard InChI is InChI=1S/C20H31Cl3Si/c21-24(22,23)19-15-10-8-6-4-2-1-3-5-7-9-12-16-20-17-13-11-14-18-20/h11-14,16-18H,1-10,15,19H2/b16-12+. The smallest absolute Gasteiger partial charge is 0.126 e. The van der Waals surface area contributed by atoms with Gasteiger partial charge in [-0.05, 0) is 24.4 Å². The first-order valence-electron chi connectivity index (χ1n) is 9.36. The van der Waals surface area contributed by atoms with E-state index in [2.05, 4.69) is 42.5 Å². The van der Waals surface area contributed by atoms with Crippen LogP contribution in [-0.2, 0) is 0 Å². The highest BCUT2D eigenvalue weighted by Gasteiger charge is 2.23. The number of hydrogen-bond donors (Lipinski definition) is 0. The van der Waals surface area contributed by atoms with Crippen LogP contribution in [0.2, 0.25) is 6.04 Å². The van der Waals surface area contributed by atoms with Crippen molar-refractivity contribution in [2.24, 2.45) is 0 Å². The summed E-state index contributed by atoms with van der Waals surface area (Å²) in [6, 6.07) is 8.98. The maximum atomic E-state index is 5.87. The lowest BCUT2D eigenvalue weighted by molar-refractivity contribution is 0.557. The predicted molar refractivity (Wildman–Crippen MR) is 114 cm³/mol. The molecule has 0 spiro atoms. The van der Waals surface area contributed by atoms with Gasteiger partial charge in [-0.3, -0.25) is 0 Å². The Kier molecular flexibility index (Phi) is 13.1. The first-order chi connectivity index (χ1) is 11.6. The third-order valence-electron chi connectivity index (χ3n) is 4.19. The molecule has 0 amide bonds. The van der Waals surface area contributed by atoms with Gasteiger partial charge in [-0.15, -0.1) is 33.2 Å². The molecule has 0 atom stereocenters. The third-order valence-corrected chi connectivity index (χ3v) is 6.81. The normalized spacial score (nSPS) is 12.1. The van der Waals surface area contributed by atoms with Gasteiger partial charge in [0.25, 0.3) is 0 Å². The van der Waals surface area contributed by atoms with Crippen LogP contribution in [0, 0.1) is 0 Å². The van der Waals surface area contributed by atoms with Crippen LogP contribution in [0.25, 0.3) is 6.08 Å². The first-order valence-corrected chi connectivity index (χ1v) is 14.6. The van der Waals surface area contributed by atoms with Crippen LogP contribution < -0.4 is 0 Å². The lowest BCUT2D eigenvalue weighted by Gasteiger charge is -2.06. The SMILES string of the molecule is Cl[Si](Cl)(Cl)CCCCCCCCCCCC/C=C/c1ccccc1. The molecule has 0 N–H and O–H groups in total. The minimum absolute atomic E-state index is 0.816. The molecule has 1 rings (SSSR count). The molecule has 0 saturated heterocycles. The summed E-state index contributed by atoms with van der Waals surface area (Å²) in [5, 5.41) is 0. The van der Waals surface area contributed by atoms with E-state index >= 15 is 0 Å². The van der Waals surface area contributed by atoms with E-state index in [4.69, 9.17) is 33.2 Å². The van der Waals surface area contributed by atoms with Crippen LogP contribution in [-0.4, -0.2) is 6.00 Å². The highest BCUT2D eigenvalue weighted by Crippen LogP contribution is 2.27. The number of halogens is 3. The van der Waals surface area contributed by atoms with E-state index in [1.165, 1.54) is 69.8 Å². The van der Waals surface area contributed by atoms with Gasteiger partial charge in [0.05, 0.1) is 0 Å². The summed E-state index contributed by atoms with van der Waals surface area (Å²) in [4.78, 5) is 0. The average Bonchev–Trinajstić information content (AvgIpc) is 2.55. The van der Waals surface area contributed by atoms with E-state index in [1.54, 1.807) is 0 Å². The fourth-order valence-electron chi connectivity index (χ4n) is 2.79. The Morgan fingerprint density at radius 1 is 0.667 bits per heavy atom. The van der Waals surface area contributed by atoms with Crippen molar-refractivity contribution >= 4 is 45.3 Å². The summed E-state index contributed by atoms with van der Waals surface area (Å²) in [6.45, 7) is 0. The van der Waals surface area contributed by atoms with E-state index in [9.17, 15) is 0 Å². The summed E-state index contributed by atoms with van der Waals surface area (Å²) in [5.74, 6) is 0. The topological polar surface area (TPSA) is 0 Å². The van der Waals surface area contributed by atoms with Crippen molar-refractivity contribution < 1.29 is 0 Å². The van der Waals surface area contributed by atoms with Crippen LogP contribution in [0.3, 0.4) is 0 Å². The molecule has 0 bridgehead atoms. The van der Waals surface area contributed by atoms with Gasteiger partial charge in [0, 0.05) is 0 Å². The molecule has 4 heteroatoms. The molecular formula is C20H31Cl3Si. The summed E-state index contributed by atoms with van der Waals surface area (Å²) >= 11 is 17.6. The fourth-order valence-corrected chi connectivity index (χ4v) is 4.64. The second-order valence-electron chi connectivity index (χ2n) is 6.50. The number of allylic oxidation sites excluding steroid dienone is 1. The van der Waals surface area contributed by atoms with Crippen LogP contribution in [0.4, 0.5) is 0 Å². The Morgan fingerprint density at radius 3 is 1.71 bits per heavy atom. The predicted octanol–water partition coefficient (Wildman–Crippen LogP) is 8.65. The lowest BCUT2D eigenvalue weighted by Crippen LogP contribution is -2.07. The molecule has 0 aliphatic heterocycles. The Morgan fingerprint density at radius 2 is 1.17 bits per heavy atom. The Bertz CT molecular complexity index is 426. The summed E-state index contributed by atoms with van der Waals surface area (Å²) < 4.78 is 0. The molecule has 0 nitrogen and oxygen atoms in total. The Labute approximate surface area is 163 Å². The highest BCUT2D eigenvalue weighted by atomic mass is 35.8. The minimum atomic E-state index is -2.36. The van der Waals surface area contributed by atoms with Gasteiger partial charge in [0.2, 0.25) is 0 Å². The Hall–Kier alpha value is 0.0469. The van der Waals surface area contributed by atoms with Gasteiger partial charge in [-0.1, -0.05) is 100 Å². The first kappa shape index (κ1) is 22.1. The van der Waals surface area contributed by atoms with Crippen molar-refractivity contribution in [2.45, 2.75) is 76.7 Å². The number of hydrogen-bond acceptors (Lipinski definition) is 0. The molecular weight excluding hydrogens is 375 g/mol. The molecule has 0 heterocycles. The van der Waals surface area contributed by atoms with Gasteiger partial charge >= 0.3 is 6.00 Å². The van der Waals surface area contributed by atoms with Crippen molar-refractivity contribution in [2.75, 3.05) is 0 Å². The van der Waals surface area contributed by atoms with Crippen LogP contribution in [0.1, 0.15) is 76.2 Å². The quantitative estimate of drug-likeness (QED) is 0.165. The van der Waals surface area contributed by atoms with E-state index in [1.807, 2.05) is 0 Å². The van der Waals surface area contributed by atoms with Gasteiger partial charge in [-0.2, -0.15) is 0 Å². The van der Waals surface area contributed by atoms with E-state index in [0.29, 0.717) is 0 Å². The zero-order valence-corrected chi connectivity index (χ0v) is 17.9. The molecule has 0 aliphatic rings. The summed E-state index contributed by atoms with van der Waals surface area (Å²) in [5.41, 5.74) is 1.30. The van der Waals surface area contributed by atoms with E-state index in [0.717, 1.165) is 12.5 Å². The molecule has 0 radical (unpaired) electrons. The molecule has 1 aromatic rings. The van der Waals surface area contributed by atoms with E-state index in [-0.39, 0.29) is 0 Å². The molecule has 0 aromatic heterocycles. The monoisotopic (exact) mass is 404 g/mol. The van der Waals surface area contributed by atoms with Crippen molar-refractivity contribution in [3.05, 3.63) is 42.0 Å². The summed E-state index contributed by atoms with van der Waals surface area (Å²) in [6.07, 6.45) is 18.8. The van der Waals surface area contributed by atoms with Crippen molar-refractivity contribution in [3.63, 3.8) is 0 Å². The fraction of sp³-hybridized carbons (Fsp3) is 0.600. The second-order valence-corrected chi connectivity index (χ2v) is 15.8. The van der Waals surface area contributed by atoms with Gasteiger partial charge < -0.3 is 0 Å². The van der Waals surface area contributed by atoms with Crippen LogP contribution >= 0.6 is 33.2 Å². The largest absolute Gasteiger partial charge is 0.341 e. The lowest BCUT2D eigenvalue weighted by atomic mass is 10.1. The maximum Gasteiger partial charge on any atom is 0.341 e. The minimum Gasteiger partial charge on any atom is -0.126 e. The maximum absolute atomic E-state index is 5.87. The average molecular weight is 406 g/mol. The van der Waals surface area contributed by atoms with E-state index < -0.39 is 6.00 Å². The molecule has 24 heavy (non-hydrogen) atoms. The van der Waals surface area contributed by atoms with Crippen molar-refractivity contribution in [3.8, 4) is 0 Å².